The predicted octanol–water partition coefficient (Wildman–Crippen LogP) is 4.40. The minimum Gasteiger partial charge on any atom is -0.497 e. The zero-order valence-corrected chi connectivity index (χ0v) is 17.2. The smallest absolute Gasteiger partial charge is 0.275 e. The minimum atomic E-state index is 0.0166. The number of rotatable bonds is 5. The van der Waals surface area contributed by atoms with Gasteiger partial charge in [0.1, 0.15) is 5.75 Å². The molecular formula is C20H26BrN3O2. The molecule has 1 aromatic carbocycles. The molecule has 3 rings (SSSR count). The van der Waals surface area contributed by atoms with Gasteiger partial charge >= 0.3 is 0 Å². The van der Waals surface area contributed by atoms with Crippen LogP contribution in [0.2, 0.25) is 0 Å². The number of benzene rings is 1. The van der Waals surface area contributed by atoms with Gasteiger partial charge in [-0.3, -0.25) is 9.89 Å². The Morgan fingerprint density at radius 2 is 1.96 bits per heavy atom. The fraction of sp³-hybridized carbons (Fsp3) is 0.500. The van der Waals surface area contributed by atoms with Crippen LogP contribution in [0.1, 0.15) is 54.4 Å². The van der Waals surface area contributed by atoms with Gasteiger partial charge in [-0.1, -0.05) is 26.0 Å². The monoisotopic (exact) mass is 419 g/mol. The van der Waals surface area contributed by atoms with E-state index in [1.165, 1.54) is 5.56 Å². The maximum Gasteiger partial charge on any atom is 0.275 e. The molecule has 1 aliphatic rings. The van der Waals surface area contributed by atoms with Crippen molar-refractivity contribution in [1.82, 2.24) is 15.1 Å². The molecular weight excluding hydrogens is 394 g/mol. The van der Waals surface area contributed by atoms with Crippen LogP contribution in [0.5, 0.6) is 5.75 Å². The molecule has 0 radical (unpaired) electrons. The van der Waals surface area contributed by atoms with Crippen molar-refractivity contribution in [1.29, 1.82) is 0 Å². The summed E-state index contributed by atoms with van der Waals surface area (Å²) in [6, 6.07) is 8.28. The van der Waals surface area contributed by atoms with Gasteiger partial charge in [0.2, 0.25) is 0 Å². The lowest BCUT2D eigenvalue weighted by molar-refractivity contribution is 0.0683. The number of amides is 1. The summed E-state index contributed by atoms with van der Waals surface area (Å²) in [5, 5.41) is 7.23. The standard InChI is InChI=1S/C20H26BrN3O2/c1-13(2)18-17(21)19(23-22-18)20(25)24-10-8-15(9-11-24)12-14-4-6-16(26-3)7-5-14/h4-7,13,15H,8-12H2,1-3H3,(H,22,23). The van der Waals surface area contributed by atoms with E-state index < -0.39 is 0 Å². The number of halogens is 1. The third-order valence-electron chi connectivity index (χ3n) is 5.10. The second kappa shape index (κ2) is 8.25. The first kappa shape index (κ1) is 19.0. The number of ether oxygens (including phenoxy) is 1. The molecule has 1 aromatic heterocycles. The molecule has 0 unspecified atom stereocenters. The number of nitrogens with one attached hydrogen (secondary N) is 1. The number of carbonyl (C=O) groups is 1. The SMILES string of the molecule is COc1ccc(CC2CCN(C(=O)c3n[nH]c(C(C)C)c3Br)CC2)cc1. The van der Waals surface area contributed by atoms with Crippen molar-refractivity contribution < 1.29 is 9.53 Å². The molecule has 140 valence electrons. The molecule has 2 aromatic rings. The Labute approximate surface area is 163 Å². The zero-order chi connectivity index (χ0) is 18.7. The lowest BCUT2D eigenvalue weighted by atomic mass is 9.90. The minimum absolute atomic E-state index is 0.0166. The topological polar surface area (TPSA) is 58.2 Å². The normalized spacial score (nSPS) is 15.5. The molecule has 26 heavy (non-hydrogen) atoms. The van der Waals surface area contributed by atoms with E-state index in [-0.39, 0.29) is 5.91 Å². The van der Waals surface area contributed by atoms with Crippen LogP contribution in [-0.4, -0.2) is 41.2 Å². The Kier molecular flexibility index (Phi) is 6.01. The van der Waals surface area contributed by atoms with Crippen LogP contribution in [0.15, 0.2) is 28.7 Å². The maximum absolute atomic E-state index is 12.8. The summed E-state index contributed by atoms with van der Waals surface area (Å²) in [6.45, 7) is 5.74. The number of nitrogens with zero attached hydrogens (tertiary/aromatic N) is 2. The van der Waals surface area contributed by atoms with Gasteiger partial charge in [-0.15, -0.1) is 0 Å². The van der Waals surface area contributed by atoms with Crippen LogP contribution < -0.4 is 4.74 Å². The molecule has 1 saturated heterocycles. The lowest BCUT2D eigenvalue weighted by Gasteiger charge is -2.31. The quantitative estimate of drug-likeness (QED) is 0.780. The van der Waals surface area contributed by atoms with Gasteiger partial charge < -0.3 is 9.64 Å². The zero-order valence-electron chi connectivity index (χ0n) is 15.6. The number of H-pyrrole nitrogens is 1. The van der Waals surface area contributed by atoms with Crippen molar-refractivity contribution in [2.75, 3.05) is 20.2 Å². The fourth-order valence-electron chi connectivity index (χ4n) is 3.45. The molecule has 0 bridgehead atoms. The van der Waals surface area contributed by atoms with E-state index in [9.17, 15) is 4.79 Å². The van der Waals surface area contributed by atoms with E-state index in [2.05, 4.69) is 52.1 Å². The molecule has 0 spiro atoms. The number of carbonyl (C=O) groups excluding carboxylic acids is 1. The number of aromatic nitrogens is 2. The van der Waals surface area contributed by atoms with E-state index in [0.29, 0.717) is 17.5 Å². The predicted molar refractivity (Wildman–Crippen MR) is 106 cm³/mol. The maximum atomic E-state index is 12.8. The Bertz CT molecular complexity index is 747. The first-order valence-corrected chi connectivity index (χ1v) is 9.94. The molecule has 0 saturated carbocycles. The Morgan fingerprint density at radius 3 is 2.50 bits per heavy atom. The van der Waals surface area contributed by atoms with Crippen LogP contribution in [0.3, 0.4) is 0 Å². The third kappa shape index (κ3) is 4.11. The molecule has 6 heteroatoms. The van der Waals surface area contributed by atoms with Crippen molar-refractivity contribution in [3.63, 3.8) is 0 Å². The van der Waals surface area contributed by atoms with Gasteiger partial charge in [0.05, 0.1) is 17.3 Å². The summed E-state index contributed by atoms with van der Waals surface area (Å²) in [4.78, 5) is 14.7. The average Bonchev–Trinajstić information content (AvgIpc) is 3.04. The number of hydrogen-bond acceptors (Lipinski definition) is 3. The van der Waals surface area contributed by atoms with Crippen LogP contribution in [0.25, 0.3) is 0 Å². The second-order valence-corrected chi connectivity index (χ2v) is 8.04. The molecule has 2 heterocycles. The van der Waals surface area contributed by atoms with E-state index in [1.54, 1.807) is 7.11 Å². The summed E-state index contributed by atoms with van der Waals surface area (Å²) in [6.07, 6.45) is 3.10. The highest BCUT2D eigenvalue weighted by molar-refractivity contribution is 9.10. The van der Waals surface area contributed by atoms with Crippen molar-refractivity contribution in [2.45, 2.75) is 39.0 Å². The first-order valence-electron chi connectivity index (χ1n) is 9.15. The summed E-state index contributed by atoms with van der Waals surface area (Å²) in [7, 11) is 1.68. The number of likely N-dealkylation sites (tertiary alicyclic amines) is 1. The Morgan fingerprint density at radius 1 is 1.31 bits per heavy atom. The molecule has 0 aliphatic carbocycles. The molecule has 1 fully saturated rings. The first-order chi connectivity index (χ1) is 12.5. The van der Waals surface area contributed by atoms with E-state index in [0.717, 1.165) is 48.3 Å². The van der Waals surface area contributed by atoms with Gasteiger partial charge in [0.15, 0.2) is 5.69 Å². The van der Waals surface area contributed by atoms with Crippen LogP contribution in [-0.2, 0) is 6.42 Å². The summed E-state index contributed by atoms with van der Waals surface area (Å²) < 4.78 is 6.01. The van der Waals surface area contributed by atoms with Crippen molar-refractivity contribution in [2.24, 2.45) is 5.92 Å². The van der Waals surface area contributed by atoms with Gasteiger partial charge in [0.25, 0.3) is 5.91 Å². The molecule has 5 nitrogen and oxygen atoms in total. The number of aromatic amines is 1. The Hall–Kier alpha value is -1.82. The van der Waals surface area contributed by atoms with E-state index >= 15 is 0 Å². The summed E-state index contributed by atoms with van der Waals surface area (Å²) in [5.41, 5.74) is 2.80. The van der Waals surface area contributed by atoms with Crippen LogP contribution in [0, 0.1) is 5.92 Å². The third-order valence-corrected chi connectivity index (χ3v) is 5.90. The molecule has 1 N–H and O–H groups in total. The van der Waals surface area contributed by atoms with Crippen molar-refractivity contribution in [3.05, 3.63) is 45.7 Å². The van der Waals surface area contributed by atoms with Gasteiger partial charge in [0, 0.05) is 13.1 Å². The molecule has 0 atom stereocenters. The fourth-order valence-corrected chi connectivity index (χ4v) is 4.26. The molecule has 1 amide bonds. The highest BCUT2D eigenvalue weighted by Gasteiger charge is 2.27. The largest absolute Gasteiger partial charge is 0.497 e. The van der Waals surface area contributed by atoms with E-state index in [1.807, 2.05) is 17.0 Å². The van der Waals surface area contributed by atoms with Gasteiger partial charge in [-0.25, -0.2) is 0 Å². The molecule has 1 aliphatic heterocycles. The lowest BCUT2D eigenvalue weighted by Crippen LogP contribution is -2.39. The van der Waals surface area contributed by atoms with E-state index in [4.69, 9.17) is 4.74 Å². The number of methoxy groups -OCH3 is 1. The highest BCUT2D eigenvalue weighted by atomic mass is 79.9. The summed E-state index contributed by atoms with van der Waals surface area (Å²) in [5.74, 6) is 1.82. The van der Waals surface area contributed by atoms with Crippen LogP contribution >= 0.6 is 15.9 Å². The van der Waals surface area contributed by atoms with Gasteiger partial charge in [-0.2, -0.15) is 5.10 Å². The summed E-state index contributed by atoms with van der Waals surface area (Å²) >= 11 is 3.54. The van der Waals surface area contributed by atoms with Gasteiger partial charge in [-0.05, 0) is 64.7 Å². The van der Waals surface area contributed by atoms with Crippen LogP contribution in [0.4, 0.5) is 0 Å². The average molecular weight is 420 g/mol. The highest BCUT2D eigenvalue weighted by Crippen LogP contribution is 2.28. The second-order valence-electron chi connectivity index (χ2n) is 7.24. The van der Waals surface area contributed by atoms with Crippen molar-refractivity contribution in [3.8, 4) is 5.75 Å². The Balaban J connectivity index is 1.56. The number of hydrogen-bond donors (Lipinski definition) is 1. The van der Waals surface area contributed by atoms with Crippen molar-refractivity contribution >= 4 is 21.8 Å². The number of piperidine rings is 1.